The topological polar surface area (TPSA) is 50.7 Å². The maximum atomic E-state index is 9.14. The van der Waals surface area contributed by atoms with Crippen molar-refractivity contribution in [3.05, 3.63) is 22.2 Å². The highest BCUT2D eigenvalue weighted by Gasteiger charge is 2.15. The Morgan fingerprint density at radius 2 is 2.12 bits per heavy atom. The van der Waals surface area contributed by atoms with Crippen LogP contribution in [0.2, 0.25) is 0 Å². The first-order valence-electron chi connectivity index (χ1n) is 5.13. The van der Waals surface area contributed by atoms with Crippen molar-refractivity contribution in [1.29, 1.82) is 0 Å². The first-order valence-corrected chi connectivity index (χ1v) is 5.93. The smallest absolute Gasteiger partial charge is 0.231 e. The van der Waals surface area contributed by atoms with Crippen molar-refractivity contribution in [3.8, 4) is 11.5 Å². The quantitative estimate of drug-likeness (QED) is 0.884. The van der Waals surface area contributed by atoms with Gasteiger partial charge in [0.05, 0.1) is 6.10 Å². The maximum Gasteiger partial charge on any atom is 0.231 e. The fourth-order valence-electron chi connectivity index (χ4n) is 1.51. The Morgan fingerprint density at radius 3 is 2.81 bits per heavy atom. The van der Waals surface area contributed by atoms with E-state index in [0.717, 1.165) is 21.5 Å². The van der Waals surface area contributed by atoms with Gasteiger partial charge in [-0.05, 0) is 24.6 Å². The molecule has 0 aromatic heterocycles. The van der Waals surface area contributed by atoms with E-state index in [9.17, 15) is 0 Å². The van der Waals surface area contributed by atoms with Crippen molar-refractivity contribution in [1.82, 2.24) is 5.32 Å². The van der Waals surface area contributed by atoms with E-state index < -0.39 is 0 Å². The average Bonchev–Trinajstić information content (AvgIpc) is 2.64. The van der Waals surface area contributed by atoms with Crippen molar-refractivity contribution >= 4 is 15.9 Å². The lowest BCUT2D eigenvalue weighted by molar-refractivity contribution is 0.174. The summed E-state index contributed by atoms with van der Waals surface area (Å²) in [5, 5.41) is 12.3. The largest absolute Gasteiger partial charge is 0.454 e. The molecule has 1 aromatic carbocycles. The molecule has 1 unspecified atom stereocenters. The minimum atomic E-state index is -0.340. The molecule has 0 bridgehead atoms. The molecule has 2 N–H and O–H groups in total. The second-order valence-corrected chi connectivity index (χ2v) is 4.63. The first-order chi connectivity index (χ1) is 7.66. The predicted octanol–water partition coefficient (Wildman–Crippen LogP) is 1.65. The molecule has 1 aliphatic heterocycles. The number of hydrogen-bond acceptors (Lipinski definition) is 4. The Labute approximate surface area is 103 Å². The summed E-state index contributed by atoms with van der Waals surface area (Å²) < 4.78 is 11.5. The zero-order chi connectivity index (χ0) is 11.5. The van der Waals surface area contributed by atoms with Crippen LogP contribution in [0.5, 0.6) is 11.5 Å². The van der Waals surface area contributed by atoms with Crippen LogP contribution in [0.4, 0.5) is 0 Å². The molecule has 0 saturated carbocycles. The zero-order valence-corrected chi connectivity index (χ0v) is 10.6. The van der Waals surface area contributed by atoms with Gasteiger partial charge in [0, 0.05) is 17.6 Å². The fraction of sp³-hybridized carbons (Fsp3) is 0.455. The molecule has 0 amide bonds. The SMILES string of the molecule is CC(O)CNCc1cc2c(cc1Br)OCO2. The van der Waals surface area contributed by atoms with Crippen molar-refractivity contribution < 1.29 is 14.6 Å². The minimum Gasteiger partial charge on any atom is -0.454 e. The Bertz CT molecular complexity index is 382. The highest BCUT2D eigenvalue weighted by atomic mass is 79.9. The normalized spacial score (nSPS) is 15.2. The van der Waals surface area contributed by atoms with E-state index in [1.807, 2.05) is 12.1 Å². The molecule has 1 aromatic rings. The van der Waals surface area contributed by atoms with Gasteiger partial charge in [-0.1, -0.05) is 15.9 Å². The lowest BCUT2D eigenvalue weighted by Crippen LogP contribution is -2.23. The van der Waals surface area contributed by atoms with Gasteiger partial charge in [-0.15, -0.1) is 0 Å². The molecule has 88 valence electrons. The Hall–Kier alpha value is -0.780. The van der Waals surface area contributed by atoms with E-state index in [-0.39, 0.29) is 12.9 Å². The molecule has 0 radical (unpaired) electrons. The van der Waals surface area contributed by atoms with Crippen LogP contribution in [0, 0.1) is 0 Å². The molecule has 5 heteroatoms. The summed E-state index contributed by atoms with van der Waals surface area (Å²) >= 11 is 3.48. The van der Waals surface area contributed by atoms with Crippen LogP contribution in [0.1, 0.15) is 12.5 Å². The average molecular weight is 288 g/mol. The second kappa shape index (κ2) is 5.03. The third-order valence-corrected chi connectivity index (χ3v) is 3.04. The van der Waals surface area contributed by atoms with Gasteiger partial charge in [0.15, 0.2) is 11.5 Å². The number of rotatable bonds is 4. The van der Waals surface area contributed by atoms with Gasteiger partial charge in [0.2, 0.25) is 6.79 Å². The van der Waals surface area contributed by atoms with Crippen molar-refractivity contribution in [2.75, 3.05) is 13.3 Å². The van der Waals surface area contributed by atoms with Gasteiger partial charge in [0.25, 0.3) is 0 Å². The van der Waals surface area contributed by atoms with Crippen molar-refractivity contribution in [2.24, 2.45) is 0 Å². The van der Waals surface area contributed by atoms with Gasteiger partial charge in [-0.3, -0.25) is 0 Å². The predicted molar refractivity (Wildman–Crippen MR) is 63.7 cm³/mol. The summed E-state index contributed by atoms with van der Waals surface area (Å²) in [6.45, 7) is 3.29. The molecule has 0 fully saturated rings. The van der Waals surface area contributed by atoms with E-state index in [0.29, 0.717) is 13.1 Å². The number of aliphatic hydroxyl groups excluding tert-OH is 1. The van der Waals surface area contributed by atoms with E-state index in [4.69, 9.17) is 14.6 Å². The molecular formula is C11H14BrNO3. The summed E-state index contributed by atoms with van der Waals surface area (Å²) in [6.07, 6.45) is -0.340. The van der Waals surface area contributed by atoms with Crippen molar-refractivity contribution in [3.63, 3.8) is 0 Å². The van der Waals surface area contributed by atoms with Gasteiger partial charge >= 0.3 is 0 Å². The number of halogens is 1. The van der Waals surface area contributed by atoms with Crippen LogP contribution in [0.25, 0.3) is 0 Å². The standard InChI is InChI=1S/C11H14BrNO3/c1-7(14)4-13-5-8-2-10-11(3-9(8)12)16-6-15-10/h2-3,7,13-14H,4-6H2,1H3. The lowest BCUT2D eigenvalue weighted by Gasteiger charge is -2.09. The zero-order valence-electron chi connectivity index (χ0n) is 9.00. The van der Waals surface area contributed by atoms with Crippen molar-refractivity contribution in [2.45, 2.75) is 19.6 Å². The maximum absolute atomic E-state index is 9.14. The highest BCUT2D eigenvalue weighted by molar-refractivity contribution is 9.10. The molecule has 16 heavy (non-hydrogen) atoms. The van der Waals surface area contributed by atoms with E-state index in [2.05, 4.69) is 21.2 Å². The molecule has 1 heterocycles. The fourth-order valence-corrected chi connectivity index (χ4v) is 1.97. The molecule has 4 nitrogen and oxygen atoms in total. The monoisotopic (exact) mass is 287 g/mol. The number of hydrogen-bond donors (Lipinski definition) is 2. The Kier molecular flexibility index (Phi) is 3.68. The summed E-state index contributed by atoms with van der Waals surface area (Å²) in [5.41, 5.74) is 1.09. The molecule has 0 saturated heterocycles. The molecule has 0 aliphatic carbocycles. The van der Waals surface area contributed by atoms with Crippen LogP contribution in [-0.2, 0) is 6.54 Å². The highest BCUT2D eigenvalue weighted by Crippen LogP contribution is 2.36. The molecular weight excluding hydrogens is 274 g/mol. The molecule has 0 spiro atoms. The summed E-state index contributed by atoms with van der Waals surface area (Å²) in [4.78, 5) is 0. The summed E-state index contributed by atoms with van der Waals surface area (Å²) in [5.74, 6) is 1.54. The number of ether oxygens (including phenoxy) is 2. The lowest BCUT2D eigenvalue weighted by atomic mass is 10.2. The Morgan fingerprint density at radius 1 is 1.44 bits per heavy atom. The number of nitrogens with one attached hydrogen (secondary N) is 1. The van der Waals surface area contributed by atoms with E-state index in [1.165, 1.54) is 0 Å². The van der Waals surface area contributed by atoms with Gasteiger partial charge in [-0.2, -0.15) is 0 Å². The number of fused-ring (bicyclic) bond motifs is 1. The summed E-state index contributed by atoms with van der Waals surface area (Å²) in [6, 6.07) is 3.85. The number of aliphatic hydroxyl groups is 1. The van der Waals surface area contributed by atoms with Crippen LogP contribution >= 0.6 is 15.9 Å². The van der Waals surface area contributed by atoms with Crippen LogP contribution in [-0.4, -0.2) is 24.5 Å². The Balaban J connectivity index is 2.04. The third-order valence-electron chi connectivity index (χ3n) is 2.30. The minimum absolute atomic E-state index is 0.284. The van der Waals surface area contributed by atoms with Gasteiger partial charge in [-0.25, -0.2) is 0 Å². The third kappa shape index (κ3) is 2.66. The van der Waals surface area contributed by atoms with E-state index >= 15 is 0 Å². The first kappa shape index (κ1) is 11.7. The molecule has 1 atom stereocenters. The number of benzene rings is 1. The van der Waals surface area contributed by atoms with Crippen LogP contribution in [0.3, 0.4) is 0 Å². The van der Waals surface area contributed by atoms with Crippen LogP contribution in [0.15, 0.2) is 16.6 Å². The van der Waals surface area contributed by atoms with Gasteiger partial charge < -0.3 is 19.9 Å². The van der Waals surface area contributed by atoms with E-state index in [1.54, 1.807) is 6.92 Å². The summed E-state index contributed by atoms with van der Waals surface area (Å²) in [7, 11) is 0. The molecule has 1 aliphatic rings. The van der Waals surface area contributed by atoms with Crippen LogP contribution < -0.4 is 14.8 Å². The van der Waals surface area contributed by atoms with Gasteiger partial charge in [0.1, 0.15) is 0 Å². The second-order valence-electron chi connectivity index (χ2n) is 3.78. The molecule has 2 rings (SSSR count).